The number of ether oxygens (including phenoxy) is 2. The van der Waals surface area contributed by atoms with E-state index in [1.54, 1.807) is 94.4 Å². The number of rotatable bonds is 7. The number of esters is 2. The van der Waals surface area contributed by atoms with Gasteiger partial charge in [-0.1, -0.05) is 47.2 Å². The van der Waals surface area contributed by atoms with Crippen molar-refractivity contribution < 1.29 is 23.5 Å². The molecule has 0 bridgehead atoms. The van der Waals surface area contributed by atoms with E-state index in [-0.39, 0.29) is 17.6 Å². The van der Waals surface area contributed by atoms with Crippen molar-refractivity contribution >= 4 is 41.0 Å². The number of carbonyl (C=O) groups excluding carboxylic acids is 2. The molecule has 1 unspecified atom stereocenters. The van der Waals surface area contributed by atoms with Crippen LogP contribution in [0.4, 0.5) is 0 Å². The minimum atomic E-state index is -0.734. The predicted molar refractivity (Wildman–Crippen MR) is 157 cm³/mol. The number of aromatic nitrogens is 1. The summed E-state index contributed by atoms with van der Waals surface area (Å²) in [6, 6.07) is 16.7. The number of nitrogens with zero attached hydrogens (tertiary/aromatic N) is 2. The zero-order valence-electron chi connectivity index (χ0n) is 22.8. The molecule has 2 aromatic carbocycles. The summed E-state index contributed by atoms with van der Waals surface area (Å²) in [6.45, 7) is 7.34. The number of benzene rings is 2. The van der Waals surface area contributed by atoms with E-state index in [0.29, 0.717) is 54.9 Å². The van der Waals surface area contributed by atoms with Gasteiger partial charge in [-0.2, -0.15) is 0 Å². The monoisotopic (exact) mass is 590 g/mol. The number of fused-ring (bicyclic) bond motifs is 1. The van der Waals surface area contributed by atoms with Crippen LogP contribution < -0.4 is 14.9 Å². The molecule has 41 heavy (non-hydrogen) atoms. The highest BCUT2D eigenvalue weighted by atomic mass is 35.5. The van der Waals surface area contributed by atoms with Crippen LogP contribution in [0.25, 0.3) is 17.4 Å². The molecule has 1 aliphatic heterocycles. The van der Waals surface area contributed by atoms with Gasteiger partial charge in [-0.15, -0.1) is 0 Å². The highest BCUT2D eigenvalue weighted by Crippen LogP contribution is 2.31. The second-order valence-corrected chi connectivity index (χ2v) is 11.0. The average molecular weight is 591 g/mol. The molecule has 4 aromatic rings. The topological polar surface area (TPSA) is 100 Å². The zero-order chi connectivity index (χ0) is 29.3. The smallest absolute Gasteiger partial charge is 0.338 e. The van der Waals surface area contributed by atoms with Gasteiger partial charge in [0.2, 0.25) is 0 Å². The van der Waals surface area contributed by atoms with Crippen LogP contribution in [0.1, 0.15) is 55.4 Å². The highest BCUT2D eigenvalue weighted by Gasteiger charge is 2.33. The van der Waals surface area contributed by atoms with E-state index in [9.17, 15) is 14.4 Å². The molecular weight excluding hydrogens is 564 g/mol. The summed E-state index contributed by atoms with van der Waals surface area (Å²) in [5.41, 5.74) is 2.39. The van der Waals surface area contributed by atoms with E-state index >= 15 is 0 Å². The van der Waals surface area contributed by atoms with Crippen LogP contribution >= 0.6 is 22.9 Å². The van der Waals surface area contributed by atoms with E-state index in [2.05, 4.69) is 4.99 Å². The van der Waals surface area contributed by atoms with Crippen molar-refractivity contribution in [1.82, 2.24) is 4.57 Å². The third-order valence-corrected chi connectivity index (χ3v) is 7.59. The van der Waals surface area contributed by atoms with Gasteiger partial charge >= 0.3 is 11.9 Å². The van der Waals surface area contributed by atoms with Crippen molar-refractivity contribution in [3.63, 3.8) is 0 Å². The highest BCUT2D eigenvalue weighted by molar-refractivity contribution is 7.07. The fourth-order valence-electron chi connectivity index (χ4n) is 4.52. The standard InChI is InChI=1S/C31H27ClN2O6S/c1-5-38-29(36)21-8-6-19(7-9-21)24-15-14-23(40-24)16-25-28(35)34-27(20-10-12-22(32)13-11-20)26(30(37)39-17(2)3)18(4)33-31(34)41-25/h6-17,27H,5H2,1-4H3/b25-16+. The minimum Gasteiger partial charge on any atom is -0.462 e. The lowest BCUT2D eigenvalue weighted by Gasteiger charge is -2.25. The number of furan rings is 1. The SMILES string of the molecule is CCOC(=O)c1ccc(-c2ccc(/C=c3/sc4n(c3=O)C(c3ccc(Cl)cc3)C(C(=O)OC(C)C)=C(C)N=4)o2)cc1. The van der Waals surface area contributed by atoms with E-state index in [0.717, 1.165) is 5.56 Å². The third kappa shape index (κ3) is 5.82. The average Bonchev–Trinajstić information content (AvgIpc) is 3.52. The summed E-state index contributed by atoms with van der Waals surface area (Å²) < 4.78 is 18.5. The molecule has 0 fully saturated rings. The Labute approximate surface area is 244 Å². The van der Waals surface area contributed by atoms with Crippen molar-refractivity contribution in [3.05, 3.63) is 114 Å². The molecular formula is C31H27ClN2O6S. The Hall–Kier alpha value is -4.21. The van der Waals surface area contributed by atoms with E-state index in [1.807, 2.05) is 0 Å². The molecule has 0 radical (unpaired) electrons. The van der Waals surface area contributed by atoms with E-state index in [1.165, 1.54) is 15.9 Å². The van der Waals surface area contributed by atoms with Crippen molar-refractivity contribution in [2.24, 2.45) is 4.99 Å². The first kappa shape index (κ1) is 28.3. The fraction of sp³-hybridized carbons (Fsp3) is 0.226. The second-order valence-electron chi connectivity index (χ2n) is 9.59. The molecule has 0 saturated heterocycles. The lowest BCUT2D eigenvalue weighted by atomic mass is 9.96. The molecule has 10 heteroatoms. The van der Waals surface area contributed by atoms with Crippen molar-refractivity contribution in [2.45, 2.75) is 39.8 Å². The lowest BCUT2D eigenvalue weighted by molar-refractivity contribution is -0.143. The molecule has 0 amide bonds. The number of carbonyl (C=O) groups is 2. The number of hydrogen-bond acceptors (Lipinski definition) is 8. The number of hydrogen-bond donors (Lipinski definition) is 0. The summed E-state index contributed by atoms with van der Waals surface area (Å²) in [5, 5.41) is 0.539. The molecule has 2 aromatic heterocycles. The number of allylic oxidation sites excluding steroid dienone is 1. The second kappa shape index (κ2) is 11.7. The Balaban J connectivity index is 1.54. The van der Waals surface area contributed by atoms with Gasteiger partial charge in [0, 0.05) is 16.7 Å². The Morgan fingerprint density at radius 3 is 2.44 bits per heavy atom. The van der Waals surface area contributed by atoms with Crippen molar-refractivity contribution in [1.29, 1.82) is 0 Å². The molecule has 5 rings (SSSR count). The normalized spacial score (nSPS) is 15.1. The molecule has 8 nitrogen and oxygen atoms in total. The van der Waals surface area contributed by atoms with Gasteiger partial charge in [0.05, 0.1) is 40.1 Å². The first-order valence-electron chi connectivity index (χ1n) is 13.0. The van der Waals surface area contributed by atoms with Crippen LogP contribution in [-0.2, 0) is 14.3 Å². The van der Waals surface area contributed by atoms with Crippen molar-refractivity contribution in [3.8, 4) is 11.3 Å². The van der Waals surface area contributed by atoms with Gasteiger partial charge < -0.3 is 13.9 Å². The van der Waals surface area contributed by atoms with Gasteiger partial charge in [0.15, 0.2) is 4.80 Å². The van der Waals surface area contributed by atoms with Gasteiger partial charge in [-0.25, -0.2) is 14.6 Å². The Kier molecular flexibility index (Phi) is 8.10. The van der Waals surface area contributed by atoms with Gasteiger partial charge in [-0.05, 0) is 69.7 Å². The van der Waals surface area contributed by atoms with Gasteiger partial charge in [-0.3, -0.25) is 9.36 Å². The van der Waals surface area contributed by atoms with Gasteiger partial charge in [0.25, 0.3) is 5.56 Å². The first-order valence-corrected chi connectivity index (χ1v) is 14.2. The Bertz CT molecular complexity index is 1830. The van der Waals surface area contributed by atoms with Gasteiger partial charge in [0.1, 0.15) is 11.5 Å². The number of thiazole rings is 1. The zero-order valence-corrected chi connectivity index (χ0v) is 24.4. The van der Waals surface area contributed by atoms with Crippen LogP contribution in [0.5, 0.6) is 0 Å². The van der Waals surface area contributed by atoms with Crippen molar-refractivity contribution in [2.75, 3.05) is 6.61 Å². The lowest BCUT2D eigenvalue weighted by Crippen LogP contribution is -2.40. The first-order chi connectivity index (χ1) is 19.7. The van der Waals surface area contributed by atoms with Crippen LogP contribution in [0.15, 0.2) is 86.1 Å². The molecule has 1 aliphatic rings. The molecule has 210 valence electrons. The largest absolute Gasteiger partial charge is 0.462 e. The summed E-state index contributed by atoms with van der Waals surface area (Å²) in [5.74, 6) is 0.133. The summed E-state index contributed by atoms with van der Waals surface area (Å²) in [4.78, 5) is 44.0. The Morgan fingerprint density at radius 2 is 1.78 bits per heavy atom. The van der Waals surface area contributed by atoms with Crippen LogP contribution in [-0.4, -0.2) is 29.2 Å². The van der Waals surface area contributed by atoms with Crippen LogP contribution in [0.2, 0.25) is 5.02 Å². The summed E-state index contributed by atoms with van der Waals surface area (Å²) in [7, 11) is 0. The minimum absolute atomic E-state index is 0.298. The molecule has 3 heterocycles. The van der Waals surface area contributed by atoms with Crippen LogP contribution in [0, 0.1) is 0 Å². The van der Waals surface area contributed by atoms with Crippen LogP contribution in [0.3, 0.4) is 0 Å². The molecule has 0 aliphatic carbocycles. The molecule has 0 N–H and O–H groups in total. The molecule has 1 atom stereocenters. The molecule has 0 saturated carbocycles. The molecule has 0 spiro atoms. The van der Waals surface area contributed by atoms with E-state index in [4.69, 9.17) is 25.5 Å². The number of halogens is 1. The third-order valence-electron chi connectivity index (χ3n) is 6.35. The fourth-order valence-corrected chi connectivity index (χ4v) is 5.67. The van der Waals surface area contributed by atoms with E-state index < -0.39 is 12.0 Å². The maximum Gasteiger partial charge on any atom is 0.338 e. The maximum atomic E-state index is 13.8. The maximum absolute atomic E-state index is 13.8. The Morgan fingerprint density at radius 1 is 1.07 bits per heavy atom. The quantitative estimate of drug-likeness (QED) is 0.272. The predicted octanol–water partition coefficient (Wildman–Crippen LogP) is 5.28. The summed E-state index contributed by atoms with van der Waals surface area (Å²) >= 11 is 7.34. The summed E-state index contributed by atoms with van der Waals surface area (Å²) in [6.07, 6.45) is 1.32.